The van der Waals surface area contributed by atoms with E-state index < -0.39 is 0 Å². The van der Waals surface area contributed by atoms with Crippen molar-refractivity contribution >= 4 is 21.8 Å². The van der Waals surface area contributed by atoms with E-state index in [1.807, 2.05) is 31.0 Å². The second-order valence-corrected chi connectivity index (χ2v) is 6.45. The van der Waals surface area contributed by atoms with Gasteiger partial charge in [-0.25, -0.2) is 0 Å². The van der Waals surface area contributed by atoms with Crippen molar-refractivity contribution in [2.24, 2.45) is 5.92 Å². The highest BCUT2D eigenvalue weighted by atomic mass is 79.9. The molecule has 1 aliphatic heterocycles. The van der Waals surface area contributed by atoms with Crippen LogP contribution < -0.4 is 10.1 Å². The number of nitrogens with zero attached hydrogens (tertiary/aromatic N) is 1. The molecule has 2 atom stereocenters. The van der Waals surface area contributed by atoms with E-state index in [0.717, 1.165) is 35.2 Å². The Morgan fingerprint density at radius 2 is 2.33 bits per heavy atom. The highest BCUT2D eigenvalue weighted by Gasteiger charge is 2.33. The van der Waals surface area contributed by atoms with Crippen LogP contribution in [-0.2, 0) is 4.79 Å². The van der Waals surface area contributed by atoms with Crippen molar-refractivity contribution < 1.29 is 9.53 Å². The molecule has 0 saturated carbocycles. The highest BCUT2D eigenvalue weighted by Crippen LogP contribution is 2.39. The molecule has 0 bridgehead atoms. The molecule has 1 heterocycles. The summed E-state index contributed by atoms with van der Waals surface area (Å²) in [6.45, 7) is 3.51. The Labute approximate surface area is 135 Å². The van der Waals surface area contributed by atoms with Crippen LogP contribution in [0.15, 0.2) is 22.7 Å². The van der Waals surface area contributed by atoms with Crippen molar-refractivity contribution in [1.29, 1.82) is 0 Å². The molecule has 1 aliphatic rings. The molecular formula is C16H23BrN2O2. The standard InChI is InChI=1S/C16H23BrN2O2/c1-11(10-18-2)16(20)19-8-4-5-14(19)13-9-12(17)6-7-15(13)21-3/h6-7,9,11,14,18H,4-5,8,10H2,1-3H3. The number of hydrogen-bond acceptors (Lipinski definition) is 3. The summed E-state index contributed by atoms with van der Waals surface area (Å²) in [7, 11) is 3.56. The van der Waals surface area contributed by atoms with Gasteiger partial charge in [0.1, 0.15) is 5.75 Å². The summed E-state index contributed by atoms with van der Waals surface area (Å²) in [5.74, 6) is 1.06. The largest absolute Gasteiger partial charge is 0.496 e. The lowest BCUT2D eigenvalue weighted by molar-refractivity contribution is -0.135. The number of benzene rings is 1. The molecular weight excluding hydrogens is 332 g/mol. The number of methoxy groups -OCH3 is 1. The third-order valence-corrected chi connectivity index (χ3v) is 4.51. The average molecular weight is 355 g/mol. The average Bonchev–Trinajstić information content (AvgIpc) is 2.95. The highest BCUT2D eigenvalue weighted by molar-refractivity contribution is 9.10. The van der Waals surface area contributed by atoms with Gasteiger partial charge in [-0.3, -0.25) is 4.79 Å². The SMILES string of the molecule is CNCC(C)C(=O)N1CCCC1c1cc(Br)ccc1OC. The molecule has 1 aromatic rings. The maximum absolute atomic E-state index is 12.6. The van der Waals surface area contributed by atoms with Crippen LogP contribution in [0.1, 0.15) is 31.4 Å². The minimum Gasteiger partial charge on any atom is -0.496 e. The van der Waals surface area contributed by atoms with E-state index in [0.29, 0.717) is 6.54 Å². The zero-order valence-corrected chi connectivity index (χ0v) is 14.4. The quantitative estimate of drug-likeness (QED) is 0.883. The first-order valence-corrected chi connectivity index (χ1v) is 8.16. The molecule has 4 nitrogen and oxygen atoms in total. The van der Waals surface area contributed by atoms with Gasteiger partial charge < -0.3 is 15.0 Å². The minimum absolute atomic E-state index is 0.00579. The van der Waals surface area contributed by atoms with Gasteiger partial charge in [0.25, 0.3) is 0 Å². The molecule has 1 amide bonds. The van der Waals surface area contributed by atoms with Crippen LogP contribution in [0.25, 0.3) is 0 Å². The summed E-state index contributed by atoms with van der Waals surface area (Å²) < 4.78 is 6.49. The molecule has 0 radical (unpaired) electrons. The first-order chi connectivity index (χ1) is 10.1. The number of rotatable bonds is 5. The normalized spacial score (nSPS) is 19.6. The summed E-state index contributed by atoms with van der Waals surface area (Å²) in [5, 5.41) is 3.08. The molecule has 1 aromatic carbocycles. The van der Waals surface area contributed by atoms with Crippen molar-refractivity contribution in [3.63, 3.8) is 0 Å². The predicted molar refractivity (Wildman–Crippen MR) is 87.5 cm³/mol. The van der Waals surface area contributed by atoms with Gasteiger partial charge in [-0.1, -0.05) is 22.9 Å². The summed E-state index contributed by atoms with van der Waals surface area (Å²) in [6, 6.07) is 6.10. The second-order valence-electron chi connectivity index (χ2n) is 5.53. The molecule has 1 fully saturated rings. The third kappa shape index (κ3) is 3.58. The first kappa shape index (κ1) is 16.3. The fourth-order valence-corrected chi connectivity index (χ4v) is 3.37. The van der Waals surface area contributed by atoms with Gasteiger partial charge in [0.2, 0.25) is 5.91 Å². The van der Waals surface area contributed by atoms with E-state index in [2.05, 4.69) is 27.3 Å². The number of halogens is 1. The Morgan fingerprint density at radius 3 is 3.00 bits per heavy atom. The lowest BCUT2D eigenvalue weighted by Crippen LogP contribution is -2.38. The Balaban J connectivity index is 2.26. The Hall–Kier alpha value is -1.07. The number of hydrogen-bond donors (Lipinski definition) is 1. The summed E-state index contributed by atoms with van der Waals surface area (Å²) in [6.07, 6.45) is 2.03. The topological polar surface area (TPSA) is 41.6 Å². The van der Waals surface area contributed by atoms with E-state index in [4.69, 9.17) is 4.74 Å². The smallest absolute Gasteiger partial charge is 0.227 e. The van der Waals surface area contributed by atoms with E-state index >= 15 is 0 Å². The van der Waals surface area contributed by atoms with Crippen molar-refractivity contribution in [3.8, 4) is 5.75 Å². The molecule has 5 heteroatoms. The number of nitrogens with one attached hydrogen (secondary N) is 1. The van der Waals surface area contributed by atoms with Crippen molar-refractivity contribution in [3.05, 3.63) is 28.2 Å². The predicted octanol–water partition coefficient (Wildman–Crippen LogP) is 2.98. The van der Waals surface area contributed by atoms with Crippen LogP contribution in [0.3, 0.4) is 0 Å². The van der Waals surface area contributed by atoms with Crippen molar-refractivity contribution in [2.75, 3.05) is 27.2 Å². The lowest BCUT2D eigenvalue weighted by Gasteiger charge is -2.29. The van der Waals surface area contributed by atoms with E-state index in [9.17, 15) is 4.79 Å². The van der Waals surface area contributed by atoms with Gasteiger partial charge >= 0.3 is 0 Å². The van der Waals surface area contributed by atoms with Gasteiger partial charge in [0.15, 0.2) is 0 Å². The number of likely N-dealkylation sites (tertiary alicyclic amines) is 1. The molecule has 116 valence electrons. The van der Waals surface area contributed by atoms with Gasteiger partial charge in [0, 0.05) is 29.0 Å². The van der Waals surface area contributed by atoms with E-state index in [1.54, 1.807) is 7.11 Å². The van der Waals surface area contributed by atoms with Crippen LogP contribution >= 0.6 is 15.9 Å². The van der Waals surface area contributed by atoms with Crippen LogP contribution in [-0.4, -0.2) is 38.1 Å². The van der Waals surface area contributed by atoms with Crippen LogP contribution in [0.5, 0.6) is 5.75 Å². The van der Waals surface area contributed by atoms with Gasteiger partial charge in [-0.15, -0.1) is 0 Å². The number of amides is 1. The summed E-state index contributed by atoms with van der Waals surface area (Å²) in [5.41, 5.74) is 1.09. The lowest BCUT2D eigenvalue weighted by atomic mass is 10.0. The van der Waals surface area contributed by atoms with E-state index in [-0.39, 0.29) is 17.9 Å². The molecule has 2 unspecified atom stereocenters. The van der Waals surface area contributed by atoms with Crippen molar-refractivity contribution in [2.45, 2.75) is 25.8 Å². The Kier molecular flexibility index (Phi) is 5.65. The van der Waals surface area contributed by atoms with E-state index in [1.165, 1.54) is 0 Å². The third-order valence-electron chi connectivity index (χ3n) is 4.02. The van der Waals surface area contributed by atoms with Crippen LogP contribution in [0, 0.1) is 5.92 Å². The van der Waals surface area contributed by atoms with Gasteiger partial charge in [-0.2, -0.15) is 0 Å². The molecule has 0 aromatic heterocycles. The fraction of sp³-hybridized carbons (Fsp3) is 0.562. The zero-order chi connectivity index (χ0) is 15.4. The molecule has 2 rings (SSSR count). The second kappa shape index (κ2) is 7.27. The monoisotopic (exact) mass is 354 g/mol. The van der Waals surface area contributed by atoms with Crippen molar-refractivity contribution in [1.82, 2.24) is 10.2 Å². The molecule has 1 saturated heterocycles. The Bertz CT molecular complexity index is 507. The fourth-order valence-electron chi connectivity index (χ4n) is 3.00. The Morgan fingerprint density at radius 1 is 1.57 bits per heavy atom. The van der Waals surface area contributed by atoms with Crippen LogP contribution in [0.4, 0.5) is 0 Å². The molecule has 0 spiro atoms. The zero-order valence-electron chi connectivity index (χ0n) is 12.9. The number of carbonyl (C=O) groups is 1. The molecule has 1 N–H and O–H groups in total. The maximum Gasteiger partial charge on any atom is 0.227 e. The van der Waals surface area contributed by atoms with Crippen LogP contribution in [0.2, 0.25) is 0 Å². The summed E-state index contributed by atoms with van der Waals surface area (Å²) >= 11 is 3.51. The first-order valence-electron chi connectivity index (χ1n) is 7.37. The molecule has 0 aliphatic carbocycles. The summed E-state index contributed by atoms with van der Waals surface area (Å²) in [4.78, 5) is 14.6. The molecule has 21 heavy (non-hydrogen) atoms. The number of carbonyl (C=O) groups excluding carboxylic acids is 1. The number of ether oxygens (including phenoxy) is 1. The van der Waals surface area contributed by atoms with Gasteiger partial charge in [0.05, 0.1) is 13.2 Å². The minimum atomic E-state index is -0.00579. The van der Waals surface area contributed by atoms with Gasteiger partial charge in [-0.05, 0) is 38.1 Å². The maximum atomic E-state index is 12.6.